The quantitative estimate of drug-likeness (QED) is 0.714. The molecule has 7 heteroatoms. The lowest BCUT2D eigenvalue weighted by Gasteiger charge is -2.34. The predicted octanol–water partition coefficient (Wildman–Crippen LogP) is 2.31. The highest BCUT2D eigenvalue weighted by Crippen LogP contribution is 2.20. The molecule has 1 saturated heterocycles. The molecule has 0 bridgehead atoms. The van der Waals surface area contributed by atoms with Crippen molar-refractivity contribution in [3.05, 3.63) is 78.6 Å². The van der Waals surface area contributed by atoms with Gasteiger partial charge in [-0.05, 0) is 24.5 Å². The molecule has 7 nitrogen and oxygen atoms in total. The molecule has 1 atom stereocenters. The molecule has 1 N–H and O–H groups in total. The van der Waals surface area contributed by atoms with Crippen molar-refractivity contribution in [3.63, 3.8) is 0 Å². The van der Waals surface area contributed by atoms with Gasteiger partial charge in [0.2, 0.25) is 0 Å². The molecular weight excluding hydrogens is 352 g/mol. The minimum Gasteiger partial charge on any atom is -0.337 e. The van der Waals surface area contributed by atoms with Gasteiger partial charge in [-0.3, -0.25) is 14.5 Å². The molecule has 3 aromatic rings. The number of likely N-dealkylation sites (tertiary alicyclic amines) is 1. The van der Waals surface area contributed by atoms with Gasteiger partial charge in [-0.25, -0.2) is 4.98 Å². The van der Waals surface area contributed by atoms with Gasteiger partial charge in [0.05, 0.1) is 18.8 Å². The fourth-order valence-corrected chi connectivity index (χ4v) is 3.64. The third-order valence-electron chi connectivity index (χ3n) is 5.13. The van der Waals surface area contributed by atoms with Crippen molar-refractivity contribution in [2.45, 2.75) is 31.5 Å². The van der Waals surface area contributed by atoms with Crippen LogP contribution in [0.25, 0.3) is 0 Å². The van der Waals surface area contributed by atoms with Crippen molar-refractivity contribution in [2.75, 3.05) is 13.1 Å². The van der Waals surface area contributed by atoms with Crippen LogP contribution in [0.15, 0.2) is 67.4 Å². The second-order valence-corrected chi connectivity index (χ2v) is 7.02. The van der Waals surface area contributed by atoms with Crippen LogP contribution in [-0.4, -0.2) is 49.7 Å². The van der Waals surface area contributed by atoms with Crippen LogP contribution in [0.2, 0.25) is 0 Å². The molecule has 0 radical (unpaired) electrons. The summed E-state index contributed by atoms with van der Waals surface area (Å²) < 4.78 is 1.96. The summed E-state index contributed by atoms with van der Waals surface area (Å²) >= 11 is 0. The molecule has 1 fully saturated rings. The number of nitrogens with zero attached hydrogens (tertiary/aromatic N) is 5. The molecule has 1 unspecified atom stereocenters. The maximum Gasteiger partial charge on any atom is 0.274 e. The maximum absolute atomic E-state index is 12.6. The van der Waals surface area contributed by atoms with Crippen LogP contribution in [0.1, 0.15) is 34.9 Å². The van der Waals surface area contributed by atoms with Gasteiger partial charge >= 0.3 is 0 Å². The molecule has 1 amide bonds. The van der Waals surface area contributed by atoms with E-state index in [4.69, 9.17) is 0 Å². The molecule has 1 aromatic carbocycles. The van der Waals surface area contributed by atoms with Crippen LogP contribution < -0.4 is 5.32 Å². The molecule has 0 aliphatic carbocycles. The fraction of sp³-hybridized carbons (Fsp3) is 0.333. The number of hydrogen-bond acceptors (Lipinski definition) is 5. The van der Waals surface area contributed by atoms with Crippen LogP contribution in [0.3, 0.4) is 0 Å². The van der Waals surface area contributed by atoms with Crippen LogP contribution in [0.4, 0.5) is 0 Å². The Morgan fingerprint density at radius 2 is 1.93 bits per heavy atom. The molecule has 1 aliphatic heterocycles. The topological polar surface area (TPSA) is 75.9 Å². The Kier molecular flexibility index (Phi) is 5.72. The molecule has 28 heavy (non-hydrogen) atoms. The van der Waals surface area contributed by atoms with E-state index in [1.807, 2.05) is 27.9 Å². The summed E-state index contributed by atoms with van der Waals surface area (Å²) in [6.45, 7) is 2.21. The lowest BCUT2D eigenvalue weighted by Crippen LogP contribution is -2.46. The Hall–Kier alpha value is -3.06. The monoisotopic (exact) mass is 376 g/mol. The molecule has 2 aromatic heterocycles. The zero-order chi connectivity index (χ0) is 19.2. The first-order chi connectivity index (χ1) is 13.8. The molecule has 4 rings (SSSR count). The summed E-state index contributed by atoms with van der Waals surface area (Å²) in [7, 11) is 0. The first-order valence-electron chi connectivity index (χ1n) is 9.63. The minimum absolute atomic E-state index is 0.0392. The summed E-state index contributed by atoms with van der Waals surface area (Å²) in [6, 6.07) is 12.9. The van der Waals surface area contributed by atoms with E-state index in [0.29, 0.717) is 11.7 Å². The number of carbonyl (C=O) groups excluding carboxylic acids is 1. The summed E-state index contributed by atoms with van der Waals surface area (Å²) in [5.74, 6) is -0.0392. The van der Waals surface area contributed by atoms with Crippen molar-refractivity contribution in [1.82, 2.24) is 30.0 Å². The van der Waals surface area contributed by atoms with E-state index >= 15 is 0 Å². The number of piperidine rings is 1. The van der Waals surface area contributed by atoms with Gasteiger partial charge in [-0.2, -0.15) is 5.10 Å². The Morgan fingerprint density at radius 3 is 2.61 bits per heavy atom. The maximum atomic E-state index is 12.6. The number of aromatic nitrogens is 4. The zero-order valence-corrected chi connectivity index (χ0v) is 15.7. The van der Waals surface area contributed by atoms with Crippen molar-refractivity contribution < 1.29 is 4.79 Å². The molecular formula is C21H24N6O. The second-order valence-electron chi connectivity index (χ2n) is 7.02. The van der Waals surface area contributed by atoms with Gasteiger partial charge in [-0.1, -0.05) is 30.3 Å². The normalized spacial score (nSPS) is 16.1. The molecule has 144 valence electrons. The molecule has 0 saturated carbocycles. The van der Waals surface area contributed by atoms with E-state index in [-0.39, 0.29) is 11.9 Å². The minimum atomic E-state index is -0.0392. The number of amides is 1. The van der Waals surface area contributed by atoms with Gasteiger partial charge in [-0.15, -0.1) is 0 Å². The Labute approximate surface area is 164 Å². The number of nitrogens with one attached hydrogen (secondary N) is 1. The van der Waals surface area contributed by atoms with E-state index in [2.05, 4.69) is 44.6 Å². The van der Waals surface area contributed by atoms with Crippen molar-refractivity contribution in [1.29, 1.82) is 0 Å². The highest BCUT2D eigenvalue weighted by atomic mass is 16.2. The van der Waals surface area contributed by atoms with Crippen molar-refractivity contribution in [2.24, 2.45) is 0 Å². The van der Waals surface area contributed by atoms with Gasteiger partial charge in [0.15, 0.2) is 0 Å². The van der Waals surface area contributed by atoms with Crippen LogP contribution in [0.5, 0.6) is 0 Å². The van der Waals surface area contributed by atoms with Crippen LogP contribution in [-0.2, 0) is 6.54 Å². The third-order valence-corrected chi connectivity index (χ3v) is 5.13. The summed E-state index contributed by atoms with van der Waals surface area (Å²) in [4.78, 5) is 22.5. The number of rotatable bonds is 6. The van der Waals surface area contributed by atoms with Gasteiger partial charge in [0.25, 0.3) is 5.91 Å². The van der Waals surface area contributed by atoms with Gasteiger partial charge < -0.3 is 10.2 Å². The van der Waals surface area contributed by atoms with E-state index in [0.717, 1.165) is 32.5 Å². The van der Waals surface area contributed by atoms with Gasteiger partial charge in [0.1, 0.15) is 5.69 Å². The Morgan fingerprint density at radius 1 is 1.11 bits per heavy atom. The number of benzene rings is 1. The lowest BCUT2D eigenvalue weighted by molar-refractivity contribution is 0.0694. The Balaban J connectivity index is 1.38. The average molecular weight is 376 g/mol. The van der Waals surface area contributed by atoms with Gasteiger partial charge in [0, 0.05) is 43.9 Å². The SMILES string of the molecule is O=C(c1cnccn1)N1CCC(NC(Cn2cccn2)c2ccccc2)CC1. The first-order valence-corrected chi connectivity index (χ1v) is 9.63. The number of hydrogen-bond donors (Lipinski definition) is 1. The van der Waals surface area contributed by atoms with E-state index < -0.39 is 0 Å². The highest BCUT2D eigenvalue weighted by Gasteiger charge is 2.26. The van der Waals surface area contributed by atoms with E-state index in [1.54, 1.807) is 18.6 Å². The van der Waals surface area contributed by atoms with Crippen LogP contribution in [0, 0.1) is 0 Å². The summed E-state index contributed by atoms with van der Waals surface area (Å²) in [5, 5.41) is 8.14. The molecule has 1 aliphatic rings. The Bertz CT molecular complexity index is 860. The summed E-state index contributed by atoms with van der Waals surface area (Å²) in [5.41, 5.74) is 1.66. The largest absolute Gasteiger partial charge is 0.337 e. The lowest BCUT2D eigenvalue weighted by atomic mass is 10.0. The second kappa shape index (κ2) is 8.75. The summed E-state index contributed by atoms with van der Waals surface area (Å²) in [6.07, 6.45) is 10.3. The smallest absolute Gasteiger partial charge is 0.274 e. The van der Waals surface area contributed by atoms with E-state index in [1.165, 1.54) is 11.8 Å². The third kappa shape index (κ3) is 4.43. The van der Waals surface area contributed by atoms with Crippen molar-refractivity contribution in [3.8, 4) is 0 Å². The fourth-order valence-electron chi connectivity index (χ4n) is 3.64. The van der Waals surface area contributed by atoms with Crippen molar-refractivity contribution >= 4 is 5.91 Å². The first kappa shape index (κ1) is 18.3. The van der Waals surface area contributed by atoms with E-state index in [9.17, 15) is 4.79 Å². The highest BCUT2D eigenvalue weighted by molar-refractivity contribution is 5.92. The zero-order valence-electron chi connectivity index (χ0n) is 15.7. The molecule has 0 spiro atoms. The molecule has 3 heterocycles. The standard InChI is InChI=1S/C21H24N6O/c28-21(19-15-22-10-11-23-19)26-13-7-18(8-14-26)25-20(16-27-12-4-9-24-27)17-5-2-1-3-6-17/h1-6,9-12,15,18,20,25H,7-8,13-14,16H2. The predicted molar refractivity (Wildman–Crippen MR) is 106 cm³/mol. The number of carbonyl (C=O) groups is 1. The average Bonchev–Trinajstić information content (AvgIpc) is 3.28. The van der Waals surface area contributed by atoms with Crippen LogP contribution >= 0.6 is 0 Å².